The number of nitrogens with one attached hydrogen (secondary N) is 1. The minimum Gasteiger partial charge on any atom is -0.466 e. The molecule has 0 saturated heterocycles. The van der Waals surface area contributed by atoms with Crippen LogP contribution in [0.2, 0.25) is 10.0 Å². The van der Waals surface area contributed by atoms with Crippen molar-refractivity contribution < 1.29 is 22.7 Å². The van der Waals surface area contributed by atoms with Crippen molar-refractivity contribution >= 4 is 50.8 Å². The van der Waals surface area contributed by atoms with Gasteiger partial charge in [0.25, 0.3) is 15.9 Å². The summed E-state index contributed by atoms with van der Waals surface area (Å²) < 4.78 is 33.0. The Hall–Kier alpha value is -2.29. The second-order valence-corrected chi connectivity index (χ2v) is 10.0. The number of ether oxygens (including phenoxy) is 1. The number of benzene rings is 2. The van der Waals surface area contributed by atoms with Crippen LogP contribution in [-0.2, 0) is 19.6 Å². The number of sulfonamides is 1. The molecule has 0 unspecified atom stereocenters. The molecule has 3 rings (SSSR count). The minimum atomic E-state index is -4.02. The van der Waals surface area contributed by atoms with Gasteiger partial charge in [-0.2, -0.15) is 0 Å². The molecule has 7 nitrogen and oxygen atoms in total. The lowest BCUT2D eigenvalue weighted by Gasteiger charge is -2.22. The summed E-state index contributed by atoms with van der Waals surface area (Å²) in [5.74, 6) is -0.211. The summed E-state index contributed by atoms with van der Waals surface area (Å²) in [5.41, 5.74) is 0.524. The van der Waals surface area contributed by atoms with Gasteiger partial charge in [-0.3, -0.25) is 14.3 Å². The maximum atomic E-state index is 13.1. The van der Waals surface area contributed by atoms with Crippen molar-refractivity contribution in [3.8, 4) is 0 Å². The lowest BCUT2D eigenvalue weighted by Crippen LogP contribution is -2.35. The number of carbonyl (C=O) groups excluding carboxylic acids is 2. The standard InChI is InChI=1S/C22H24Cl2N2O5S/c1-2-31-21(27)10-11-26(14-15-6-7-15)22(28)16-4-3-5-18(12-16)25-32(29,30)20-13-17(23)8-9-19(20)24/h3-5,8-9,12-13,15,25H,2,6-7,10-11,14H2,1H3. The number of hydrogen-bond acceptors (Lipinski definition) is 5. The van der Waals surface area contributed by atoms with Crippen molar-refractivity contribution in [3.05, 3.63) is 58.1 Å². The van der Waals surface area contributed by atoms with Crippen LogP contribution in [0.5, 0.6) is 0 Å². The van der Waals surface area contributed by atoms with Gasteiger partial charge in [-0.05, 0) is 62.1 Å². The van der Waals surface area contributed by atoms with Gasteiger partial charge in [0.15, 0.2) is 0 Å². The van der Waals surface area contributed by atoms with Crippen LogP contribution in [0, 0.1) is 5.92 Å². The zero-order chi connectivity index (χ0) is 23.3. The minimum absolute atomic E-state index is 0.0312. The van der Waals surface area contributed by atoms with Crippen molar-refractivity contribution in [2.75, 3.05) is 24.4 Å². The van der Waals surface area contributed by atoms with Gasteiger partial charge in [0, 0.05) is 29.4 Å². The van der Waals surface area contributed by atoms with E-state index < -0.39 is 10.0 Å². The van der Waals surface area contributed by atoms with Crippen molar-refractivity contribution in [2.24, 2.45) is 5.92 Å². The highest BCUT2D eigenvalue weighted by Gasteiger charge is 2.28. The molecule has 0 aliphatic heterocycles. The number of carbonyl (C=O) groups is 2. The van der Waals surface area contributed by atoms with Crippen LogP contribution in [0.25, 0.3) is 0 Å². The Labute approximate surface area is 197 Å². The summed E-state index contributed by atoms with van der Waals surface area (Å²) in [4.78, 5) is 26.3. The van der Waals surface area contributed by atoms with Crippen molar-refractivity contribution in [1.82, 2.24) is 4.90 Å². The number of hydrogen-bond donors (Lipinski definition) is 1. The fraction of sp³-hybridized carbons (Fsp3) is 0.364. The Balaban J connectivity index is 1.77. The summed E-state index contributed by atoms with van der Waals surface area (Å²) >= 11 is 11.9. The van der Waals surface area contributed by atoms with Crippen molar-refractivity contribution in [2.45, 2.75) is 31.1 Å². The number of amides is 1. The Morgan fingerprint density at radius 2 is 1.91 bits per heavy atom. The van der Waals surface area contributed by atoms with E-state index in [1.165, 1.54) is 30.3 Å². The smallest absolute Gasteiger partial charge is 0.307 e. The van der Waals surface area contributed by atoms with Crippen LogP contribution in [0.3, 0.4) is 0 Å². The van der Waals surface area contributed by atoms with Gasteiger partial charge in [-0.25, -0.2) is 8.42 Å². The Morgan fingerprint density at radius 3 is 2.59 bits per heavy atom. The molecule has 1 N–H and O–H groups in total. The van der Waals surface area contributed by atoms with Crippen LogP contribution in [-0.4, -0.2) is 44.9 Å². The summed E-state index contributed by atoms with van der Waals surface area (Å²) in [6, 6.07) is 10.3. The molecule has 10 heteroatoms. The van der Waals surface area contributed by atoms with E-state index in [4.69, 9.17) is 27.9 Å². The number of anilines is 1. The first kappa shape index (κ1) is 24.4. The van der Waals surface area contributed by atoms with Crippen LogP contribution in [0.4, 0.5) is 5.69 Å². The van der Waals surface area contributed by atoms with Crippen molar-refractivity contribution in [3.63, 3.8) is 0 Å². The average molecular weight is 499 g/mol. The number of nitrogens with zero attached hydrogens (tertiary/aromatic N) is 1. The Bertz CT molecular complexity index is 1100. The van der Waals surface area contributed by atoms with Gasteiger partial charge in [0.2, 0.25) is 0 Å². The Morgan fingerprint density at radius 1 is 1.16 bits per heavy atom. The van der Waals surface area contributed by atoms with Crippen LogP contribution < -0.4 is 4.72 Å². The van der Waals surface area contributed by atoms with E-state index >= 15 is 0 Å². The molecule has 0 aromatic heterocycles. The molecule has 0 radical (unpaired) electrons. The summed E-state index contributed by atoms with van der Waals surface area (Å²) in [6.45, 7) is 2.80. The quantitative estimate of drug-likeness (QED) is 0.483. The summed E-state index contributed by atoms with van der Waals surface area (Å²) in [6.07, 6.45) is 2.19. The Kier molecular flexibility index (Phi) is 8.03. The molecule has 0 atom stereocenters. The number of rotatable bonds is 10. The fourth-order valence-corrected chi connectivity index (χ4v) is 4.95. The first-order valence-electron chi connectivity index (χ1n) is 10.2. The van der Waals surface area contributed by atoms with Crippen LogP contribution >= 0.6 is 23.2 Å². The van der Waals surface area contributed by atoms with Gasteiger partial charge in [0.05, 0.1) is 18.1 Å². The highest BCUT2D eigenvalue weighted by molar-refractivity contribution is 7.92. The highest BCUT2D eigenvalue weighted by Crippen LogP contribution is 2.31. The van der Waals surface area contributed by atoms with Crippen LogP contribution in [0.1, 0.15) is 36.5 Å². The predicted molar refractivity (Wildman–Crippen MR) is 124 cm³/mol. The molecule has 1 aliphatic rings. The summed E-state index contributed by atoms with van der Waals surface area (Å²) in [7, 11) is -4.02. The third-order valence-electron chi connectivity index (χ3n) is 4.90. The molecular formula is C22H24Cl2N2O5S. The lowest BCUT2D eigenvalue weighted by atomic mass is 10.1. The lowest BCUT2D eigenvalue weighted by molar-refractivity contribution is -0.143. The average Bonchev–Trinajstić information content (AvgIpc) is 3.56. The highest BCUT2D eigenvalue weighted by atomic mass is 35.5. The topological polar surface area (TPSA) is 92.8 Å². The monoisotopic (exact) mass is 498 g/mol. The third-order valence-corrected chi connectivity index (χ3v) is 7.00. The van der Waals surface area contributed by atoms with Crippen LogP contribution in [0.15, 0.2) is 47.4 Å². The molecule has 1 fully saturated rings. The number of esters is 1. The largest absolute Gasteiger partial charge is 0.466 e. The van der Waals surface area contributed by atoms with Gasteiger partial charge in [-0.1, -0.05) is 29.3 Å². The van der Waals surface area contributed by atoms with E-state index in [0.717, 1.165) is 12.8 Å². The zero-order valence-corrected chi connectivity index (χ0v) is 19.8. The molecule has 0 bridgehead atoms. The van der Waals surface area contributed by atoms with Gasteiger partial charge < -0.3 is 9.64 Å². The first-order valence-corrected chi connectivity index (χ1v) is 12.5. The van der Waals surface area contributed by atoms with Gasteiger partial charge in [0.1, 0.15) is 4.90 Å². The number of halogens is 2. The molecule has 2 aromatic carbocycles. The maximum Gasteiger partial charge on any atom is 0.307 e. The van der Waals surface area contributed by atoms with E-state index in [1.807, 2.05) is 0 Å². The normalized spacial score (nSPS) is 13.5. The van der Waals surface area contributed by atoms with Crippen molar-refractivity contribution in [1.29, 1.82) is 0 Å². The maximum absolute atomic E-state index is 13.1. The molecular weight excluding hydrogens is 475 g/mol. The molecule has 0 heterocycles. The SMILES string of the molecule is CCOC(=O)CCN(CC1CC1)C(=O)c1cccc(NS(=O)(=O)c2cc(Cl)ccc2Cl)c1. The fourth-order valence-electron chi connectivity index (χ4n) is 3.14. The second-order valence-electron chi connectivity index (χ2n) is 7.51. The molecule has 32 heavy (non-hydrogen) atoms. The second kappa shape index (κ2) is 10.6. The van der Waals surface area contributed by atoms with E-state index in [2.05, 4.69) is 4.72 Å². The summed E-state index contributed by atoms with van der Waals surface area (Å²) in [5, 5.41) is 0.264. The van der Waals surface area contributed by atoms with E-state index in [0.29, 0.717) is 18.0 Å². The first-order chi connectivity index (χ1) is 15.2. The molecule has 1 amide bonds. The van der Waals surface area contributed by atoms with E-state index in [1.54, 1.807) is 24.0 Å². The zero-order valence-electron chi connectivity index (χ0n) is 17.5. The molecule has 2 aromatic rings. The molecule has 0 spiro atoms. The molecule has 1 saturated carbocycles. The molecule has 172 valence electrons. The van der Waals surface area contributed by atoms with E-state index in [-0.39, 0.29) is 52.1 Å². The van der Waals surface area contributed by atoms with Gasteiger partial charge in [-0.15, -0.1) is 0 Å². The van der Waals surface area contributed by atoms with E-state index in [9.17, 15) is 18.0 Å². The third kappa shape index (κ3) is 6.60. The predicted octanol–water partition coefficient (Wildman–Crippen LogP) is 4.60. The molecule has 1 aliphatic carbocycles. The van der Waals surface area contributed by atoms with Gasteiger partial charge >= 0.3 is 5.97 Å².